The summed E-state index contributed by atoms with van der Waals surface area (Å²) in [4.78, 5) is 20.9. The number of hydrogen-bond donors (Lipinski definition) is 1. The van der Waals surface area contributed by atoms with Gasteiger partial charge in [0.05, 0.1) is 18.5 Å². The Bertz CT molecular complexity index is 1000. The highest BCUT2D eigenvalue weighted by Gasteiger charge is 2.35. The van der Waals surface area contributed by atoms with Crippen molar-refractivity contribution in [3.05, 3.63) is 71.2 Å². The molecule has 0 saturated carbocycles. The Morgan fingerprint density at radius 2 is 1.93 bits per heavy atom. The van der Waals surface area contributed by atoms with Crippen molar-refractivity contribution < 1.29 is 9.53 Å². The van der Waals surface area contributed by atoms with E-state index in [-0.39, 0.29) is 11.2 Å². The fourth-order valence-corrected chi connectivity index (χ4v) is 4.19. The van der Waals surface area contributed by atoms with Gasteiger partial charge >= 0.3 is 0 Å². The van der Waals surface area contributed by atoms with E-state index < -0.39 is 0 Å². The Hall–Kier alpha value is -2.88. The molecule has 0 atom stereocenters. The molecule has 4 nitrogen and oxygen atoms in total. The molecule has 2 heterocycles. The van der Waals surface area contributed by atoms with E-state index in [2.05, 4.69) is 35.9 Å². The van der Waals surface area contributed by atoms with Crippen molar-refractivity contribution in [1.29, 1.82) is 0 Å². The molecule has 4 heteroatoms. The van der Waals surface area contributed by atoms with E-state index in [9.17, 15) is 4.79 Å². The van der Waals surface area contributed by atoms with Gasteiger partial charge in [-0.3, -0.25) is 9.78 Å². The molecule has 0 radical (unpaired) electrons. The lowest BCUT2D eigenvalue weighted by Gasteiger charge is -2.28. The number of aromatic nitrogens is 2. The third-order valence-corrected chi connectivity index (χ3v) is 5.33. The number of ketones is 1. The maximum atomic E-state index is 13.1. The van der Waals surface area contributed by atoms with Crippen molar-refractivity contribution in [2.24, 2.45) is 5.41 Å². The molecule has 0 spiro atoms. The van der Waals surface area contributed by atoms with Gasteiger partial charge in [0.15, 0.2) is 5.78 Å². The number of benzene rings is 1. The number of nitrogens with zero attached hydrogens (tertiary/aromatic N) is 1. The topological polar surface area (TPSA) is 55.0 Å². The van der Waals surface area contributed by atoms with E-state index in [4.69, 9.17) is 4.74 Å². The number of ether oxygens (including phenoxy) is 1. The molecule has 0 bridgehead atoms. The van der Waals surface area contributed by atoms with Gasteiger partial charge in [-0.25, -0.2) is 0 Å². The molecule has 0 unspecified atom stereocenters. The molecule has 1 aromatic carbocycles. The van der Waals surface area contributed by atoms with E-state index in [0.29, 0.717) is 19.4 Å². The molecule has 3 aromatic rings. The average Bonchev–Trinajstić information content (AvgIpc) is 3.00. The van der Waals surface area contributed by atoms with Gasteiger partial charge in [-0.1, -0.05) is 44.2 Å². The first-order valence-corrected chi connectivity index (χ1v) is 9.86. The van der Waals surface area contributed by atoms with Crippen molar-refractivity contribution in [3.8, 4) is 17.0 Å². The molecule has 1 aliphatic rings. The van der Waals surface area contributed by atoms with Gasteiger partial charge in [-0.15, -0.1) is 0 Å². The van der Waals surface area contributed by atoms with Crippen molar-refractivity contribution in [3.63, 3.8) is 0 Å². The Balaban J connectivity index is 1.90. The Morgan fingerprint density at radius 3 is 2.68 bits per heavy atom. The number of aromatic amines is 1. The van der Waals surface area contributed by atoms with Gasteiger partial charge in [-0.05, 0) is 36.0 Å². The number of rotatable bonds is 5. The zero-order chi connectivity index (χ0) is 19.7. The summed E-state index contributed by atoms with van der Waals surface area (Å²) in [7, 11) is 0. The first kappa shape index (κ1) is 18.5. The van der Waals surface area contributed by atoms with Crippen LogP contribution >= 0.6 is 0 Å². The lowest BCUT2D eigenvalue weighted by atomic mass is 9.75. The Labute approximate surface area is 166 Å². The Kier molecular flexibility index (Phi) is 4.80. The van der Waals surface area contributed by atoms with E-state index in [1.165, 1.54) is 5.56 Å². The number of nitrogens with one attached hydrogen (secondary N) is 1. The average molecular weight is 374 g/mol. The SMILES string of the molecule is CCOc1cnccc1-c1[nH]c2c(c1Cc1ccccc1)C(=O)CC(C)(C)C2. The summed E-state index contributed by atoms with van der Waals surface area (Å²) in [6.45, 7) is 6.85. The van der Waals surface area contributed by atoms with Crippen LogP contribution in [-0.2, 0) is 12.8 Å². The highest BCUT2D eigenvalue weighted by molar-refractivity contribution is 6.02. The molecule has 0 amide bonds. The minimum atomic E-state index is -0.0305. The molecule has 1 N–H and O–H groups in total. The lowest BCUT2D eigenvalue weighted by Crippen LogP contribution is -2.27. The fourth-order valence-electron chi connectivity index (χ4n) is 4.19. The predicted molar refractivity (Wildman–Crippen MR) is 111 cm³/mol. The minimum absolute atomic E-state index is 0.0305. The van der Waals surface area contributed by atoms with Crippen LogP contribution in [0.5, 0.6) is 5.75 Å². The van der Waals surface area contributed by atoms with Crippen LogP contribution < -0.4 is 4.74 Å². The first-order valence-electron chi connectivity index (χ1n) is 9.86. The molecule has 2 aromatic heterocycles. The summed E-state index contributed by atoms with van der Waals surface area (Å²) in [6.07, 6.45) is 5.67. The van der Waals surface area contributed by atoms with Crippen LogP contribution in [0.15, 0.2) is 48.8 Å². The number of carbonyl (C=O) groups excluding carboxylic acids is 1. The molecule has 28 heavy (non-hydrogen) atoms. The van der Waals surface area contributed by atoms with E-state index in [1.807, 2.05) is 31.2 Å². The maximum absolute atomic E-state index is 13.1. The van der Waals surface area contributed by atoms with Crippen LogP contribution in [0.1, 0.15) is 54.4 Å². The second kappa shape index (κ2) is 7.27. The van der Waals surface area contributed by atoms with Crippen LogP contribution in [0.2, 0.25) is 0 Å². The number of pyridine rings is 1. The van der Waals surface area contributed by atoms with Crippen molar-refractivity contribution >= 4 is 5.78 Å². The normalized spacial score (nSPS) is 15.3. The zero-order valence-electron chi connectivity index (χ0n) is 16.7. The van der Waals surface area contributed by atoms with Gasteiger partial charge in [0.2, 0.25) is 0 Å². The van der Waals surface area contributed by atoms with E-state index >= 15 is 0 Å². The summed E-state index contributed by atoms with van der Waals surface area (Å²) < 4.78 is 5.83. The van der Waals surface area contributed by atoms with Gasteiger partial charge in [-0.2, -0.15) is 0 Å². The maximum Gasteiger partial charge on any atom is 0.165 e. The van der Waals surface area contributed by atoms with Crippen LogP contribution in [0, 0.1) is 5.41 Å². The summed E-state index contributed by atoms with van der Waals surface area (Å²) in [5.41, 5.74) is 6.08. The molecular weight excluding hydrogens is 348 g/mol. The number of carbonyl (C=O) groups is 1. The van der Waals surface area contributed by atoms with Crippen LogP contribution in [0.3, 0.4) is 0 Å². The fraction of sp³-hybridized carbons (Fsp3) is 0.333. The number of fused-ring (bicyclic) bond motifs is 1. The van der Waals surface area contributed by atoms with Crippen LogP contribution in [0.4, 0.5) is 0 Å². The second-order valence-corrected chi connectivity index (χ2v) is 8.24. The van der Waals surface area contributed by atoms with E-state index in [0.717, 1.165) is 40.2 Å². The lowest BCUT2D eigenvalue weighted by molar-refractivity contribution is 0.0911. The Morgan fingerprint density at radius 1 is 1.14 bits per heavy atom. The van der Waals surface area contributed by atoms with Gasteiger partial charge in [0, 0.05) is 35.9 Å². The minimum Gasteiger partial charge on any atom is -0.492 e. The number of hydrogen-bond acceptors (Lipinski definition) is 3. The molecule has 0 fully saturated rings. The number of H-pyrrole nitrogens is 1. The molecule has 4 rings (SSSR count). The van der Waals surface area contributed by atoms with Gasteiger partial charge in [0.25, 0.3) is 0 Å². The van der Waals surface area contributed by atoms with Crippen molar-refractivity contribution in [2.75, 3.05) is 6.61 Å². The standard InChI is InChI=1S/C24H26N2O2/c1-4-28-21-15-25-11-10-17(21)23-18(12-16-8-6-5-7-9-16)22-19(26-23)13-24(2,3)14-20(22)27/h5-11,15,26H,4,12-14H2,1-3H3. The highest BCUT2D eigenvalue weighted by atomic mass is 16.5. The molecular formula is C24H26N2O2. The van der Waals surface area contributed by atoms with Crippen LogP contribution in [-0.4, -0.2) is 22.4 Å². The molecule has 0 saturated heterocycles. The highest BCUT2D eigenvalue weighted by Crippen LogP contribution is 2.42. The van der Waals surface area contributed by atoms with Crippen LogP contribution in [0.25, 0.3) is 11.3 Å². The first-order chi connectivity index (χ1) is 13.5. The predicted octanol–water partition coefficient (Wildman–Crippen LogP) is 5.22. The third-order valence-electron chi connectivity index (χ3n) is 5.33. The van der Waals surface area contributed by atoms with Gasteiger partial charge in [0.1, 0.15) is 5.75 Å². The quantitative estimate of drug-likeness (QED) is 0.666. The monoisotopic (exact) mass is 374 g/mol. The van der Waals surface area contributed by atoms with E-state index in [1.54, 1.807) is 12.4 Å². The van der Waals surface area contributed by atoms with Crippen molar-refractivity contribution in [1.82, 2.24) is 9.97 Å². The second-order valence-electron chi connectivity index (χ2n) is 8.24. The number of Topliss-reactive ketones (excluding diaryl/α,β-unsaturated/α-hetero) is 1. The summed E-state index contributed by atoms with van der Waals surface area (Å²) in [6, 6.07) is 12.3. The smallest absolute Gasteiger partial charge is 0.165 e. The largest absolute Gasteiger partial charge is 0.492 e. The van der Waals surface area contributed by atoms with Gasteiger partial charge < -0.3 is 9.72 Å². The molecule has 1 aliphatic carbocycles. The van der Waals surface area contributed by atoms with Crippen molar-refractivity contribution in [2.45, 2.75) is 40.0 Å². The zero-order valence-corrected chi connectivity index (χ0v) is 16.7. The molecule has 144 valence electrons. The summed E-state index contributed by atoms with van der Waals surface area (Å²) in [5.74, 6) is 0.969. The molecule has 0 aliphatic heterocycles. The summed E-state index contributed by atoms with van der Waals surface area (Å²) in [5, 5.41) is 0. The third kappa shape index (κ3) is 3.47. The summed E-state index contributed by atoms with van der Waals surface area (Å²) >= 11 is 0.